The van der Waals surface area contributed by atoms with Crippen molar-refractivity contribution in [3.63, 3.8) is 0 Å². The van der Waals surface area contributed by atoms with Crippen LogP contribution in [0.4, 0.5) is 4.79 Å². The molecule has 0 unspecified atom stereocenters. The average Bonchev–Trinajstić information content (AvgIpc) is 3.65. The van der Waals surface area contributed by atoms with E-state index >= 15 is 0 Å². The predicted octanol–water partition coefficient (Wildman–Crippen LogP) is 4.83. The molecule has 1 aliphatic carbocycles. The first-order valence-electron chi connectivity index (χ1n) is 16.9. The average molecular weight is 687 g/mol. The number of nitrogens with two attached hydrogens (primary N) is 1. The van der Waals surface area contributed by atoms with Gasteiger partial charge in [-0.25, -0.2) is 9.78 Å². The number of nitrogens with one attached hydrogen (secondary N) is 1. The van der Waals surface area contributed by atoms with Gasteiger partial charge in [-0.2, -0.15) is 0 Å². The molecule has 3 aromatic rings. The number of carbonyl (C=O) groups excluding carboxylic acids is 4. The number of likely N-dealkylation sites (tertiary alicyclic amines) is 1. The Hall–Kier alpha value is -4.97. The number of ketones is 1. The summed E-state index contributed by atoms with van der Waals surface area (Å²) >= 11 is 0. The number of alkyl carbamates (subject to hydrolysis) is 1. The molecule has 266 valence electrons. The summed E-state index contributed by atoms with van der Waals surface area (Å²) in [6, 6.07) is 14.8. The molecule has 5 atom stereocenters. The SMILES string of the molecule is C=C[C@@H]1C[C@]1(CC(=O)[C@@H]1C[C@@H](Oc2cc(-c3ccccc3)nc3cc(OC)ccc23)CN1C(=O)[C@H](CN)NC(=O)OC(C)(C)C)C(=O)OCC. The number of allylic oxidation sites excluding steroid dienone is 1. The van der Waals surface area contributed by atoms with Crippen molar-refractivity contribution >= 4 is 34.7 Å². The molecule has 2 aliphatic rings. The molecular formula is C38H46N4O8. The lowest BCUT2D eigenvalue weighted by molar-refractivity contribution is -0.152. The zero-order valence-corrected chi connectivity index (χ0v) is 29.3. The van der Waals surface area contributed by atoms with Crippen LogP contribution in [0.25, 0.3) is 22.2 Å². The van der Waals surface area contributed by atoms with Crippen LogP contribution in [0.15, 0.2) is 67.3 Å². The largest absolute Gasteiger partial charge is 0.497 e. The maximum Gasteiger partial charge on any atom is 0.408 e. The zero-order chi connectivity index (χ0) is 36.2. The molecule has 12 nitrogen and oxygen atoms in total. The normalized spacial score (nSPS) is 22.0. The van der Waals surface area contributed by atoms with Crippen LogP contribution in [-0.4, -0.2) is 84.2 Å². The van der Waals surface area contributed by atoms with Crippen LogP contribution in [-0.2, 0) is 23.9 Å². The van der Waals surface area contributed by atoms with Gasteiger partial charge in [0.1, 0.15) is 29.2 Å². The Morgan fingerprint density at radius 2 is 1.88 bits per heavy atom. The number of hydrogen-bond donors (Lipinski definition) is 2. The third-order valence-electron chi connectivity index (χ3n) is 9.07. The number of nitrogens with zero attached hydrogens (tertiary/aromatic N) is 2. The van der Waals surface area contributed by atoms with Crippen LogP contribution in [0.1, 0.15) is 47.0 Å². The lowest BCUT2D eigenvalue weighted by atomic mass is 9.92. The van der Waals surface area contributed by atoms with Gasteiger partial charge in [0.15, 0.2) is 5.78 Å². The quantitative estimate of drug-likeness (QED) is 0.189. The van der Waals surface area contributed by atoms with E-state index in [0.717, 1.165) is 10.9 Å². The lowest BCUT2D eigenvalue weighted by Crippen LogP contribution is -2.55. The van der Waals surface area contributed by atoms with Gasteiger partial charge in [-0.05, 0) is 52.2 Å². The Morgan fingerprint density at radius 3 is 2.50 bits per heavy atom. The summed E-state index contributed by atoms with van der Waals surface area (Å²) in [6.45, 7) is 10.6. The monoisotopic (exact) mass is 686 g/mol. The first-order valence-corrected chi connectivity index (χ1v) is 16.9. The van der Waals surface area contributed by atoms with Crippen molar-refractivity contribution in [1.29, 1.82) is 0 Å². The molecule has 0 radical (unpaired) electrons. The van der Waals surface area contributed by atoms with Gasteiger partial charge in [-0.15, -0.1) is 6.58 Å². The molecule has 12 heteroatoms. The Labute approximate surface area is 292 Å². The summed E-state index contributed by atoms with van der Waals surface area (Å²) in [5, 5.41) is 3.28. The van der Waals surface area contributed by atoms with E-state index in [2.05, 4.69) is 11.9 Å². The van der Waals surface area contributed by atoms with Crippen molar-refractivity contribution in [3.8, 4) is 22.8 Å². The minimum Gasteiger partial charge on any atom is -0.497 e. The molecule has 1 saturated carbocycles. The molecule has 2 heterocycles. The number of ether oxygens (including phenoxy) is 4. The lowest BCUT2D eigenvalue weighted by Gasteiger charge is -2.29. The molecule has 3 N–H and O–H groups in total. The third-order valence-corrected chi connectivity index (χ3v) is 9.07. The van der Waals surface area contributed by atoms with Gasteiger partial charge in [0.05, 0.1) is 42.9 Å². The van der Waals surface area contributed by atoms with Gasteiger partial charge >= 0.3 is 12.1 Å². The number of rotatable bonds is 13. The molecule has 50 heavy (non-hydrogen) atoms. The Bertz CT molecular complexity index is 1760. The Kier molecular flexibility index (Phi) is 10.8. The fraction of sp³-hybridized carbons (Fsp3) is 0.447. The summed E-state index contributed by atoms with van der Waals surface area (Å²) in [7, 11) is 1.58. The molecule has 2 amide bonds. The van der Waals surface area contributed by atoms with Gasteiger partial charge in [-0.1, -0.05) is 36.4 Å². The molecule has 0 bridgehead atoms. The Morgan fingerprint density at radius 1 is 1.14 bits per heavy atom. The zero-order valence-electron chi connectivity index (χ0n) is 29.3. The topological polar surface area (TPSA) is 159 Å². The van der Waals surface area contributed by atoms with Crippen LogP contribution in [0, 0.1) is 11.3 Å². The van der Waals surface area contributed by atoms with Crippen molar-refractivity contribution in [2.24, 2.45) is 17.1 Å². The third kappa shape index (κ3) is 7.91. The number of benzene rings is 2. The standard InChI is InChI=1S/C38H46N4O8/c1-7-24-19-38(24,35(45)48-8-2)20-32(43)31-17-26(22-42(31)34(44)30(21-39)41-36(46)50-37(3,4)5)49-33-18-28(23-12-10-9-11-13-23)40-29-16-25(47-6)14-15-27(29)33/h7,9-16,18,24,26,30-31H,1,8,17,19-22,39H2,2-6H3,(H,41,46)/t24-,26-,30+,31+,38-/m1/s1. The number of carbonyl (C=O) groups is 4. The number of esters is 1. The van der Waals surface area contributed by atoms with Crippen LogP contribution in [0.5, 0.6) is 11.5 Å². The fourth-order valence-corrected chi connectivity index (χ4v) is 6.50. The molecule has 5 rings (SSSR count). The van der Waals surface area contributed by atoms with Crippen LogP contribution < -0.4 is 20.5 Å². The maximum absolute atomic E-state index is 14.2. The molecule has 1 saturated heterocycles. The van der Waals surface area contributed by atoms with Crippen molar-refractivity contribution in [2.75, 3.05) is 26.8 Å². The van der Waals surface area contributed by atoms with Crippen molar-refractivity contribution in [3.05, 3.63) is 67.3 Å². The Balaban J connectivity index is 1.47. The van der Waals surface area contributed by atoms with Crippen molar-refractivity contribution in [1.82, 2.24) is 15.2 Å². The van der Waals surface area contributed by atoms with Crippen LogP contribution >= 0.6 is 0 Å². The van der Waals surface area contributed by atoms with Gasteiger partial charge in [0, 0.05) is 42.5 Å². The second kappa shape index (κ2) is 14.9. The molecule has 2 aromatic carbocycles. The summed E-state index contributed by atoms with van der Waals surface area (Å²) < 4.78 is 22.8. The van der Waals surface area contributed by atoms with E-state index in [4.69, 9.17) is 29.7 Å². The number of pyridine rings is 1. The van der Waals surface area contributed by atoms with E-state index in [9.17, 15) is 19.2 Å². The minimum absolute atomic E-state index is 0.0275. The van der Waals surface area contributed by atoms with Crippen molar-refractivity contribution < 1.29 is 38.1 Å². The highest BCUT2D eigenvalue weighted by Crippen LogP contribution is 2.57. The van der Waals surface area contributed by atoms with E-state index < -0.39 is 47.2 Å². The number of hydrogen-bond acceptors (Lipinski definition) is 10. The smallest absolute Gasteiger partial charge is 0.408 e. The summed E-state index contributed by atoms with van der Waals surface area (Å²) in [6.07, 6.45) is 0.673. The second-order valence-corrected chi connectivity index (χ2v) is 13.7. The van der Waals surface area contributed by atoms with Gasteiger partial charge in [0.2, 0.25) is 5.91 Å². The number of aromatic nitrogens is 1. The number of fused-ring (bicyclic) bond motifs is 1. The van der Waals surface area contributed by atoms with Crippen LogP contribution in [0.2, 0.25) is 0 Å². The number of amides is 2. The van der Waals surface area contributed by atoms with Crippen molar-refractivity contribution in [2.45, 2.75) is 70.7 Å². The second-order valence-electron chi connectivity index (χ2n) is 13.7. The predicted molar refractivity (Wildman–Crippen MR) is 187 cm³/mol. The van der Waals surface area contributed by atoms with E-state index in [0.29, 0.717) is 29.1 Å². The number of methoxy groups -OCH3 is 1. The first kappa shape index (κ1) is 36.3. The van der Waals surface area contributed by atoms with Gasteiger partial charge in [0.25, 0.3) is 0 Å². The highest BCUT2D eigenvalue weighted by molar-refractivity contribution is 5.96. The van der Waals surface area contributed by atoms with E-state index in [-0.39, 0.29) is 44.2 Å². The highest BCUT2D eigenvalue weighted by atomic mass is 16.6. The highest BCUT2D eigenvalue weighted by Gasteiger charge is 2.61. The maximum atomic E-state index is 14.2. The number of Topliss-reactive ketones (excluding diaryl/α,β-unsaturated/α-hetero) is 1. The first-order chi connectivity index (χ1) is 23.8. The van der Waals surface area contributed by atoms with E-state index in [1.54, 1.807) is 40.9 Å². The molecular weight excluding hydrogens is 640 g/mol. The fourth-order valence-electron chi connectivity index (χ4n) is 6.50. The van der Waals surface area contributed by atoms with Crippen LogP contribution in [0.3, 0.4) is 0 Å². The summed E-state index contributed by atoms with van der Waals surface area (Å²) in [5.74, 6) is -0.405. The minimum atomic E-state index is -1.17. The summed E-state index contributed by atoms with van der Waals surface area (Å²) in [5.41, 5.74) is 6.34. The van der Waals surface area contributed by atoms with Gasteiger partial charge in [-0.3, -0.25) is 14.4 Å². The molecule has 0 spiro atoms. The van der Waals surface area contributed by atoms with E-state index in [1.165, 1.54) is 4.90 Å². The molecule has 1 aliphatic heterocycles. The van der Waals surface area contributed by atoms with Gasteiger partial charge < -0.3 is 34.9 Å². The molecule has 1 aromatic heterocycles. The molecule has 2 fully saturated rings. The van der Waals surface area contributed by atoms with E-state index in [1.807, 2.05) is 54.6 Å². The summed E-state index contributed by atoms with van der Waals surface area (Å²) in [4.78, 5) is 60.2.